The zero-order valence-corrected chi connectivity index (χ0v) is 18.6. The maximum atomic E-state index is 6.38. The van der Waals surface area contributed by atoms with Gasteiger partial charge < -0.3 is 10.6 Å². The van der Waals surface area contributed by atoms with E-state index in [2.05, 4.69) is 96.4 Å². The number of benzene rings is 4. The molecule has 0 saturated carbocycles. The first-order valence-electron chi connectivity index (χ1n) is 10.9. The third-order valence-electron chi connectivity index (χ3n) is 5.82. The first-order valence-corrected chi connectivity index (χ1v) is 11.3. The van der Waals surface area contributed by atoms with Crippen LogP contribution in [0.4, 0.5) is 0 Å². The molecule has 0 aromatic heterocycles. The molecule has 2 N–H and O–H groups in total. The van der Waals surface area contributed by atoms with E-state index >= 15 is 0 Å². The lowest BCUT2D eigenvalue weighted by molar-refractivity contribution is 0.443. The normalized spacial score (nSPS) is 13.2. The predicted molar refractivity (Wildman–Crippen MR) is 133 cm³/mol. The Hall–Kier alpha value is -2.65. The van der Waals surface area contributed by atoms with Crippen molar-refractivity contribution in [3.63, 3.8) is 0 Å². The Morgan fingerprint density at radius 2 is 1.45 bits per heavy atom. The Labute approximate surface area is 190 Å². The molecule has 158 valence electrons. The molecule has 0 heterocycles. The van der Waals surface area contributed by atoms with Crippen molar-refractivity contribution in [3.05, 3.63) is 119 Å². The molecular formula is C28H29ClN2. The summed E-state index contributed by atoms with van der Waals surface area (Å²) in [6, 6.07) is 34.4. The molecule has 3 heteroatoms. The molecule has 4 aromatic rings. The molecule has 2 atom stereocenters. The zero-order valence-electron chi connectivity index (χ0n) is 17.9. The predicted octanol–water partition coefficient (Wildman–Crippen LogP) is 6.54. The second-order valence-electron chi connectivity index (χ2n) is 8.06. The molecule has 0 spiro atoms. The van der Waals surface area contributed by atoms with Crippen LogP contribution in [0.1, 0.15) is 29.7 Å². The van der Waals surface area contributed by atoms with Gasteiger partial charge in [-0.15, -0.1) is 0 Å². The largest absolute Gasteiger partial charge is 0.309 e. The van der Waals surface area contributed by atoms with Gasteiger partial charge >= 0.3 is 0 Å². The molecule has 0 fully saturated rings. The lowest BCUT2D eigenvalue weighted by Crippen LogP contribution is -2.40. The molecule has 0 saturated heterocycles. The van der Waals surface area contributed by atoms with Crippen LogP contribution in [0.25, 0.3) is 10.8 Å². The minimum atomic E-state index is 0.256. The average Bonchev–Trinajstić information content (AvgIpc) is 2.82. The highest BCUT2D eigenvalue weighted by Gasteiger charge is 2.14. The summed E-state index contributed by atoms with van der Waals surface area (Å²) in [6.45, 7) is 3.86. The van der Waals surface area contributed by atoms with Crippen molar-refractivity contribution in [2.45, 2.75) is 32.0 Å². The van der Waals surface area contributed by atoms with E-state index in [9.17, 15) is 0 Å². The third-order valence-corrected chi connectivity index (χ3v) is 6.19. The van der Waals surface area contributed by atoms with Crippen LogP contribution in [0.2, 0.25) is 5.02 Å². The van der Waals surface area contributed by atoms with Crippen molar-refractivity contribution in [3.8, 4) is 0 Å². The van der Waals surface area contributed by atoms with Crippen molar-refractivity contribution in [1.82, 2.24) is 10.6 Å². The van der Waals surface area contributed by atoms with Crippen molar-refractivity contribution < 1.29 is 0 Å². The van der Waals surface area contributed by atoms with Gasteiger partial charge in [-0.25, -0.2) is 0 Å². The Morgan fingerprint density at radius 3 is 2.29 bits per heavy atom. The Morgan fingerprint density at radius 1 is 0.742 bits per heavy atom. The van der Waals surface area contributed by atoms with E-state index in [4.69, 9.17) is 11.6 Å². The highest BCUT2D eigenvalue weighted by Crippen LogP contribution is 2.24. The quantitative estimate of drug-likeness (QED) is 0.316. The molecule has 2 nitrogen and oxygen atoms in total. The standard InChI is InChI=1S/C28H29ClN2/c1-21(26-16-9-14-23-12-5-7-15-27(23)26)30-20-25(18-22-10-3-2-4-11-22)31-19-24-13-6-8-17-28(24)29/h2-17,21,25,30-31H,18-20H2,1H3. The molecule has 2 unspecified atom stereocenters. The average molecular weight is 429 g/mol. The first kappa shape index (κ1) is 21.6. The van der Waals surface area contributed by atoms with Gasteiger partial charge in [0.15, 0.2) is 0 Å². The molecule has 0 aliphatic carbocycles. The fourth-order valence-corrected chi connectivity index (χ4v) is 4.27. The van der Waals surface area contributed by atoms with Crippen LogP contribution in [0.3, 0.4) is 0 Å². The lowest BCUT2D eigenvalue weighted by Gasteiger charge is -2.23. The van der Waals surface area contributed by atoms with Gasteiger partial charge in [-0.1, -0.05) is 103 Å². The molecule has 0 aliphatic rings. The van der Waals surface area contributed by atoms with Crippen molar-refractivity contribution in [2.24, 2.45) is 0 Å². The molecule has 4 aromatic carbocycles. The lowest BCUT2D eigenvalue weighted by atomic mass is 9.99. The van der Waals surface area contributed by atoms with E-state index in [1.165, 1.54) is 21.9 Å². The zero-order chi connectivity index (χ0) is 21.5. The van der Waals surface area contributed by atoms with Gasteiger partial charge in [0.1, 0.15) is 0 Å². The number of fused-ring (bicyclic) bond motifs is 1. The summed E-state index contributed by atoms with van der Waals surface area (Å²) >= 11 is 6.38. The van der Waals surface area contributed by atoms with E-state index in [-0.39, 0.29) is 12.1 Å². The van der Waals surface area contributed by atoms with Crippen molar-refractivity contribution in [2.75, 3.05) is 6.54 Å². The summed E-state index contributed by atoms with van der Waals surface area (Å²) in [7, 11) is 0. The number of hydrogen-bond donors (Lipinski definition) is 2. The SMILES string of the molecule is CC(NCC(Cc1ccccc1)NCc1ccccc1Cl)c1cccc2ccccc12. The van der Waals surface area contributed by atoms with E-state index in [1.807, 2.05) is 18.2 Å². The first-order chi connectivity index (χ1) is 15.2. The summed E-state index contributed by atoms with van der Waals surface area (Å²) in [4.78, 5) is 0. The van der Waals surface area contributed by atoms with Crippen LogP contribution in [0, 0.1) is 0 Å². The van der Waals surface area contributed by atoms with E-state index < -0.39 is 0 Å². The van der Waals surface area contributed by atoms with Gasteiger partial charge in [-0.2, -0.15) is 0 Å². The Kier molecular flexibility index (Phi) is 7.37. The maximum absolute atomic E-state index is 6.38. The minimum Gasteiger partial charge on any atom is -0.309 e. The summed E-state index contributed by atoms with van der Waals surface area (Å²) < 4.78 is 0. The van der Waals surface area contributed by atoms with Crippen molar-refractivity contribution >= 4 is 22.4 Å². The topological polar surface area (TPSA) is 24.1 Å². The number of nitrogens with one attached hydrogen (secondary N) is 2. The monoisotopic (exact) mass is 428 g/mol. The fraction of sp³-hybridized carbons (Fsp3) is 0.214. The van der Waals surface area contributed by atoms with Crippen LogP contribution >= 0.6 is 11.6 Å². The van der Waals surface area contributed by atoms with Gasteiger partial charge in [0.05, 0.1) is 0 Å². The molecule has 4 rings (SSSR count). The second-order valence-corrected chi connectivity index (χ2v) is 8.46. The van der Waals surface area contributed by atoms with Crippen LogP contribution in [-0.4, -0.2) is 12.6 Å². The number of halogens is 1. The maximum Gasteiger partial charge on any atom is 0.0450 e. The van der Waals surface area contributed by atoms with Gasteiger partial charge in [0, 0.05) is 30.2 Å². The molecule has 0 radical (unpaired) electrons. The van der Waals surface area contributed by atoms with Gasteiger partial charge in [-0.05, 0) is 46.9 Å². The summed E-state index contributed by atoms with van der Waals surface area (Å²) in [5, 5.41) is 10.9. The molecule has 31 heavy (non-hydrogen) atoms. The van der Waals surface area contributed by atoms with Crippen LogP contribution in [-0.2, 0) is 13.0 Å². The summed E-state index contributed by atoms with van der Waals surface area (Å²) in [5.41, 5.74) is 3.80. The number of rotatable bonds is 9. The Balaban J connectivity index is 1.46. The van der Waals surface area contributed by atoms with Crippen LogP contribution in [0.5, 0.6) is 0 Å². The highest BCUT2D eigenvalue weighted by atomic mass is 35.5. The van der Waals surface area contributed by atoms with E-state index in [0.717, 1.165) is 30.1 Å². The smallest absolute Gasteiger partial charge is 0.0450 e. The van der Waals surface area contributed by atoms with Gasteiger partial charge in [-0.3, -0.25) is 0 Å². The van der Waals surface area contributed by atoms with Crippen molar-refractivity contribution in [1.29, 1.82) is 0 Å². The second kappa shape index (κ2) is 10.6. The molecular weight excluding hydrogens is 400 g/mol. The van der Waals surface area contributed by atoms with Crippen LogP contribution < -0.4 is 10.6 Å². The molecule has 0 aliphatic heterocycles. The van der Waals surface area contributed by atoms with E-state index in [0.29, 0.717) is 0 Å². The van der Waals surface area contributed by atoms with E-state index in [1.54, 1.807) is 0 Å². The minimum absolute atomic E-state index is 0.256. The molecule has 0 amide bonds. The fourth-order valence-electron chi connectivity index (χ4n) is 4.07. The third kappa shape index (κ3) is 5.74. The summed E-state index contributed by atoms with van der Waals surface area (Å²) in [5.74, 6) is 0. The van der Waals surface area contributed by atoms with Gasteiger partial charge in [0.25, 0.3) is 0 Å². The van der Waals surface area contributed by atoms with Crippen LogP contribution in [0.15, 0.2) is 97.1 Å². The number of hydrogen-bond acceptors (Lipinski definition) is 2. The summed E-state index contributed by atoms with van der Waals surface area (Å²) in [6.07, 6.45) is 0.959. The molecule has 0 bridgehead atoms. The highest BCUT2D eigenvalue weighted by molar-refractivity contribution is 6.31. The Bertz CT molecular complexity index is 1100. The van der Waals surface area contributed by atoms with Gasteiger partial charge in [0.2, 0.25) is 0 Å².